The van der Waals surface area contributed by atoms with Crippen molar-refractivity contribution < 1.29 is 9.59 Å². The molecule has 0 N–H and O–H groups in total. The molecule has 1 aliphatic carbocycles. The van der Waals surface area contributed by atoms with Gasteiger partial charge >= 0.3 is 0 Å². The average Bonchev–Trinajstić information content (AvgIpc) is 3.04. The van der Waals surface area contributed by atoms with Crippen molar-refractivity contribution in [1.29, 1.82) is 0 Å². The maximum Gasteiger partial charge on any atom is 0.260 e. The molecule has 2 aliphatic rings. The lowest BCUT2D eigenvalue weighted by atomic mass is 9.93. The number of amides is 2. The highest BCUT2D eigenvalue weighted by molar-refractivity contribution is 6.21. The third-order valence-electron chi connectivity index (χ3n) is 4.65. The second kappa shape index (κ2) is 4.32. The molecule has 3 nitrogen and oxygen atoms in total. The number of nitrogens with zero attached hydrogens (tertiary/aromatic N) is 1. The summed E-state index contributed by atoms with van der Waals surface area (Å²) in [5.74, 6) is 0.0818. The fourth-order valence-corrected chi connectivity index (χ4v) is 3.50. The van der Waals surface area contributed by atoms with E-state index < -0.39 is 0 Å². The summed E-state index contributed by atoms with van der Waals surface area (Å²) in [6.45, 7) is 4.42. The molecule has 20 heavy (non-hydrogen) atoms. The van der Waals surface area contributed by atoms with Crippen LogP contribution in [0.3, 0.4) is 0 Å². The predicted octanol–water partition coefficient (Wildman–Crippen LogP) is 3.17. The lowest BCUT2D eigenvalue weighted by Gasteiger charge is -2.24. The molecule has 3 rings (SSSR count). The molecule has 2 unspecified atom stereocenters. The van der Waals surface area contributed by atoms with Crippen molar-refractivity contribution in [3.8, 4) is 0 Å². The molecule has 0 bridgehead atoms. The second-order valence-corrected chi connectivity index (χ2v) is 7.02. The summed E-state index contributed by atoms with van der Waals surface area (Å²) in [6, 6.07) is 5.70. The first kappa shape index (κ1) is 13.6. The van der Waals surface area contributed by atoms with E-state index in [0.29, 0.717) is 23.3 Å². The Hall–Kier alpha value is -1.35. The SMILES string of the molecule is CN1C(=O)Cc2ccc(C(Cl)C3CC3(C)C)cc2C1=O. The number of halogens is 1. The number of carbonyl (C=O) groups is 2. The number of likely N-dealkylation sites (N-methyl/N-ethyl adjacent to an activating group) is 1. The average molecular weight is 292 g/mol. The third kappa shape index (κ3) is 2.05. The Morgan fingerprint density at radius 1 is 1.35 bits per heavy atom. The normalized spacial score (nSPS) is 25.4. The smallest absolute Gasteiger partial charge is 0.260 e. The molecule has 106 valence electrons. The number of hydrogen-bond acceptors (Lipinski definition) is 2. The van der Waals surface area contributed by atoms with E-state index in [4.69, 9.17) is 11.6 Å². The Morgan fingerprint density at radius 3 is 2.60 bits per heavy atom. The van der Waals surface area contributed by atoms with Crippen LogP contribution >= 0.6 is 11.6 Å². The van der Waals surface area contributed by atoms with Crippen LogP contribution in [-0.2, 0) is 11.2 Å². The van der Waals surface area contributed by atoms with Crippen LogP contribution in [0.1, 0.15) is 47.1 Å². The van der Waals surface area contributed by atoms with Gasteiger partial charge in [0.2, 0.25) is 5.91 Å². The lowest BCUT2D eigenvalue weighted by Crippen LogP contribution is -2.39. The van der Waals surface area contributed by atoms with Gasteiger partial charge in [-0.05, 0) is 34.9 Å². The highest BCUT2D eigenvalue weighted by Gasteiger charge is 2.50. The second-order valence-electron chi connectivity index (χ2n) is 6.55. The number of hydrogen-bond donors (Lipinski definition) is 0. The minimum absolute atomic E-state index is 0.0639. The van der Waals surface area contributed by atoms with Crippen molar-refractivity contribution >= 4 is 23.4 Å². The molecule has 1 aliphatic heterocycles. The molecule has 1 aromatic carbocycles. The molecular formula is C16H18ClNO2. The first-order valence-electron chi connectivity index (χ1n) is 6.89. The molecule has 2 amide bonds. The zero-order valence-electron chi connectivity index (χ0n) is 11.9. The molecule has 1 heterocycles. The molecule has 1 aromatic rings. The minimum atomic E-state index is -0.225. The summed E-state index contributed by atoms with van der Waals surface area (Å²) in [4.78, 5) is 25.0. The van der Waals surface area contributed by atoms with Crippen LogP contribution in [0.5, 0.6) is 0 Å². The predicted molar refractivity (Wildman–Crippen MR) is 77.7 cm³/mol. The number of fused-ring (bicyclic) bond motifs is 1. The molecular weight excluding hydrogens is 274 g/mol. The van der Waals surface area contributed by atoms with Gasteiger partial charge in [0.15, 0.2) is 0 Å². The van der Waals surface area contributed by atoms with Crippen LogP contribution in [0.25, 0.3) is 0 Å². The van der Waals surface area contributed by atoms with Gasteiger partial charge in [-0.15, -0.1) is 11.6 Å². The van der Waals surface area contributed by atoms with Crippen molar-refractivity contribution in [3.05, 3.63) is 34.9 Å². The van der Waals surface area contributed by atoms with E-state index in [1.165, 1.54) is 11.9 Å². The summed E-state index contributed by atoms with van der Waals surface area (Å²) in [6.07, 6.45) is 1.41. The van der Waals surface area contributed by atoms with E-state index in [1.54, 1.807) is 0 Å². The highest BCUT2D eigenvalue weighted by atomic mass is 35.5. The van der Waals surface area contributed by atoms with Gasteiger partial charge in [0.25, 0.3) is 5.91 Å². The van der Waals surface area contributed by atoms with Gasteiger partial charge in [-0.3, -0.25) is 14.5 Å². The summed E-state index contributed by atoms with van der Waals surface area (Å²) >= 11 is 6.55. The first-order valence-corrected chi connectivity index (χ1v) is 7.32. The van der Waals surface area contributed by atoms with E-state index in [-0.39, 0.29) is 17.2 Å². The van der Waals surface area contributed by atoms with Crippen LogP contribution < -0.4 is 0 Å². The van der Waals surface area contributed by atoms with E-state index in [1.807, 2.05) is 18.2 Å². The highest BCUT2D eigenvalue weighted by Crippen LogP contribution is 2.59. The quantitative estimate of drug-likeness (QED) is 0.620. The maximum atomic E-state index is 12.2. The Bertz CT molecular complexity index is 608. The van der Waals surface area contributed by atoms with Crippen LogP contribution in [0, 0.1) is 11.3 Å². The Morgan fingerprint density at radius 2 is 2.00 bits per heavy atom. The van der Waals surface area contributed by atoms with Crippen molar-refractivity contribution in [1.82, 2.24) is 4.90 Å². The van der Waals surface area contributed by atoms with E-state index in [2.05, 4.69) is 13.8 Å². The molecule has 0 spiro atoms. The molecule has 2 atom stereocenters. The fraction of sp³-hybridized carbons (Fsp3) is 0.500. The summed E-state index contributed by atoms with van der Waals surface area (Å²) in [7, 11) is 1.53. The van der Waals surface area contributed by atoms with Crippen molar-refractivity contribution in [2.45, 2.75) is 32.1 Å². The van der Waals surface area contributed by atoms with Gasteiger partial charge in [-0.1, -0.05) is 26.0 Å². The zero-order valence-corrected chi connectivity index (χ0v) is 12.7. The van der Waals surface area contributed by atoms with Crippen molar-refractivity contribution in [2.24, 2.45) is 11.3 Å². The zero-order chi connectivity index (χ0) is 14.7. The van der Waals surface area contributed by atoms with Crippen LogP contribution in [0.2, 0.25) is 0 Å². The maximum absolute atomic E-state index is 12.2. The third-order valence-corrected chi connectivity index (χ3v) is 5.20. The molecule has 0 saturated heterocycles. The van der Waals surface area contributed by atoms with Gasteiger partial charge in [0.1, 0.15) is 0 Å². The molecule has 1 saturated carbocycles. The van der Waals surface area contributed by atoms with Crippen molar-refractivity contribution in [2.75, 3.05) is 7.05 Å². The Balaban J connectivity index is 1.94. The number of rotatable bonds is 2. The van der Waals surface area contributed by atoms with E-state index in [9.17, 15) is 9.59 Å². The monoisotopic (exact) mass is 291 g/mol. The molecule has 1 fully saturated rings. The largest absolute Gasteiger partial charge is 0.281 e. The van der Waals surface area contributed by atoms with Gasteiger partial charge in [-0.25, -0.2) is 0 Å². The summed E-state index contributed by atoms with van der Waals surface area (Å²) in [5.41, 5.74) is 2.70. The minimum Gasteiger partial charge on any atom is -0.281 e. The summed E-state index contributed by atoms with van der Waals surface area (Å²) in [5, 5.41) is -0.0639. The van der Waals surface area contributed by atoms with Crippen LogP contribution in [-0.4, -0.2) is 23.8 Å². The number of imide groups is 1. The van der Waals surface area contributed by atoms with Gasteiger partial charge in [0, 0.05) is 12.6 Å². The Kier molecular flexibility index (Phi) is 2.94. The van der Waals surface area contributed by atoms with E-state index in [0.717, 1.165) is 17.5 Å². The van der Waals surface area contributed by atoms with Crippen molar-refractivity contribution in [3.63, 3.8) is 0 Å². The number of alkyl halides is 1. The van der Waals surface area contributed by atoms with Crippen LogP contribution in [0.15, 0.2) is 18.2 Å². The van der Waals surface area contributed by atoms with Gasteiger partial charge in [0.05, 0.1) is 11.8 Å². The first-order chi connectivity index (χ1) is 9.31. The molecule has 0 aromatic heterocycles. The molecule has 0 radical (unpaired) electrons. The lowest BCUT2D eigenvalue weighted by molar-refractivity contribution is -0.127. The summed E-state index contributed by atoms with van der Waals surface area (Å²) < 4.78 is 0. The van der Waals surface area contributed by atoms with Gasteiger partial charge in [-0.2, -0.15) is 0 Å². The standard InChI is InChI=1S/C16H18ClNO2/c1-16(2)8-12(16)14(17)10-5-4-9-7-13(19)18(3)15(20)11(9)6-10/h4-6,12,14H,7-8H2,1-3H3. The van der Waals surface area contributed by atoms with Crippen LogP contribution in [0.4, 0.5) is 0 Å². The number of benzene rings is 1. The fourth-order valence-electron chi connectivity index (χ4n) is 2.93. The topological polar surface area (TPSA) is 37.4 Å². The van der Waals surface area contributed by atoms with Gasteiger partial charge < -0.3 is 0 Å². The molecule has 4 heteroatoms. The Labute approximate surface area is 123 Å². The van der Waals surface area contributed by atoms with E-state index >= 15 is 0 Å². The number of carbonyl (C=O) groups excluding carboxylic acids is 2.